The Labute approximate surface area is 293 Å². The first-order valence-corrected chi connectivity index (χ1v) is 17.6. The predicted molar refractivity (Wildman–Crippen MR) is 188 cm³/mol. The van der Waals surface area contributed by atoms with Crippen LogP contribution in [0.3, 0.4) is 0 Å². The number of ether oxygens (including phenoxy) is 1. The molecule has 0 heterocycles. The van der Waals surface area contributed by atoms with Gasteiger partial charge in [-0.25, -0.2) is 0 Å². The minimum absolute atomic E-state index is 0.00325. The quantitative estimate of drug-likeness (QED) is 0.198. The molecule has 3 aromatic rings. The van der Waals surface area contributed by atoms with Crippen molar-refractivity contribution in [2.75, 3.05) is 7.11 Å². The molecular formula is C42H46O8. The Balaban J connectivity index is 1.42. The van der Waals surface area contributed by atoms with E-state index in [9.17, 15) is 34.2 Å². The summed E-state index contributed by atoms with van der Waals surface area (Å²) >= 11 is 0. The summed E-state index contributed by atoms with van der Waals surface area (Å²) in [5.74, 6) is -8.52. The lowest BCUT2D eigenvalue weighted by molar-refractivity contribution is -0.205. The van der Waals surface area contributed by atoms with Crippen LogP contribution in [0.2, 0.25) is 0 Å². The van der Waals surface area contributed by atoms with E-state index in [-0.39, 0.29) is 24.2 Å². The van der Waals surface area contributed by atoms with Gasteiger partial charge in [-0.3, -0.25) is 24.0 Å². The monoisotopic (exact) mass is 678 g/mol. The fraction of sp³-hybridized carbons (Fsp3) is 0.452. The second-order valence-corrected chi connectivity index (χ2v) is 15.5. The number of fused-ring (bicyclic) bond motifs is 3. The normalized spacial score (nSPS) is 29.0. The first-order valence-electron chi connectivity index (χ1n) is 17.6. The van der Waals surface area contributed by atoms with Gasteiger partial charge in [0.25, 0.3) is 0 Å². The maximum absolute atomic E-state index is 14.6. The van der Waals surface area contributed by atoms with Crippen molar-refractivity contribution < 1.29 is 38.9 Å². The molecule has 8 nitrogen and oxygen atoms in total. The number of aromatic hydroxyl groups is 1. The van der Waals surface area contributed by atoms with E-state index >= 15 is 0 Å². The van der Waals surface area contributed by atoms with E-state index in [0.717, 1.165) is 43.7 Å². The number of methoxy groups -OCH3 is 1. The summed E-state index contributed by atoms with van der Waals surface area (Å²) in [6, 6.07) is 19.5. The van der Waals surface area contributed by atoms with Gasteiger partial charge in [-0.05, 0) is 97.2 Å². The van der Waals surface area contributed by atoms with Crippen molar-refractivity contribution in [3.63, 3.8) is 0 Å². The Bertz CT molecular complexity index is 1910. The van der Waals surface area contributed by atoms with Gasteiger partial charge >= 0.3 is 0 Å². The summed E-state index contributed by atoms with van der Waals surface area (Å²) < 4.78 is 5.79. The molecule has 0 amide bonds. The highest BCUT2D eigenvalue weighted by Crippen LogP contribution is 2.64. The number of rotatable bonds is 9. The second-order valence-electron chi connectivity index (χ2n) is 15.5. The lowest BCUT2D eigenvalue weighted by atomic mass is 9.40. The van der Waals surface area contributed by atoms with Crippen LogP contribution in [0.4, 0.5) is 0 Å². The number of aliphatic hydroxyl groups is 1. The maximum Gasteiger partial charge on any atom is 0.190 e. The van der Waals surface area contributed by atoms with Crippen molar-refractivity contribution in [2.24, 2.45) is 34.5 Å². The number of carbonyl (C=O) groups excluding carboxylic acids is 5. The third kappa shape index (κ3) is 5.26. The largest absolute Gasteiger partial charge is 0.507 e. The maximum atomic E-state index is 14.6. The van der Waals surface area contributed by atoms with Gasteiger partial charge in [-0.15, -0.1) is 0 Å². The van der Waals surface area contributed by atoms with E-state index in [1.54, 1.807) is 40.9 Å². The van der Waals surface area contributed by atoms with Gasteiger partial charge < -0.3 is 14.9 Å². The molecule has 8 heteroatoms. The highest BCUT2D eigenvalue weighted by atomic mass is 16.5. The Hall–Kier alpha value is -4.43. The van der Waals surface area contributed by atoms with Crippen LogP contribution >= 0.6 is 0 Å². The van der Waals surface area contributed by atoms with E-state index in [1.807, 2.05) is 36.4 Å². The fourth-order valence-electron chi connectivity index (χ4n) is 9.81. The summed E-state index contributed by atoms with van der Waals surface area (Å²) in [5, 5.41) is 23.4. The van der Waals surface area contributed by atoms with E-state index in [0.29, 0.717) is 16.9 Å². The van der Waals surface area contributed by atoms with Crippen molar-refractivity contribution in [2.45, 2.75) is 78.7 Å². The summed E-state index contributed by atoms with van der Waals surface area (Å²) in [5.41, 5.74) is -1.09. The topological polar surface area (TPSA) is 135 Å². The van der Waals surface area contributed by atoms with Crippen molar-refractivity contribution >= 4 is 28.9 Å². The molecule has 3 aliphatic rings. The van der Waals surface area contributed by atoms with E-state index in [4.69, 9.17) is 4.74 Å². The van der Waals surface area contributed by atoms with Crippen LogP contribution in [0.5, 0.6) is 11.5 Å². The van der Waals surface area contributed by atoms with E-state index in [2.05, 4.69) is 12.1 Å². The molecule has 0 aliphatic heterocycles. The number of Topliss-reactive ketones (excluding diaryl/α,β-unsaturated/α-hetero) is 5. The fourth-order valence-corrected chi connectivity index (χ4v) is 9.81. The number of hydrogen-bond donors (Lipinski definition) is 2. The standard InChI is InChI=1S/C42H46O8/c1-23(2)34-36(45)32(24(3)43)38(47)42(49)39(48)35-37(46)33-29(21-40(35,4)22-41(34,42)5)27(17-18-30(33)44)28-20-26(16-19-31(28)50-6)15-11-10-14-25-12-8-7-9-13-25/h7-9,12-13,16-20,23,32,34-35,44,49H,10-11,14-15,21-22H2,1-6H3/t32?,34?,35?,40-,41-,42+/m1/s1. The molecule has 2 saturated carbocycles. The molecule has 262 valence electrons. The van der Waals surface area contributed by atoms with Crippen LogP contribution in [0.1, 0.15) is 80.9 Å². The Morgan fingerprint density at radius 2 is 1.56 bits per heavy atom. The lowest BCUT2D eigenvalue weighted by Crippen LogP contribution is -2.76. The summed E-state index contributed by atoms with van der Waals surface area (Å²) in [6.07, 6.45) is 3.95. The smallest absolute Gasteiger partial charge is 0.190 e. The van der Waals surface area contributed by atoms with Gasteiger partial charge in [0.05, 0.1) is 18.6 Å². The van der Waals surface area contributed by atoms with Crippen LogP contribution in [-0.4, -0.2) is 51.8 Å². The SMILES string of the molecule is COc1ccc(CCCCc2ccccc2)cc1-c1ccc(O)c2c1C[C@]1(C)C[C@]3(C)C(C(C)C)C(=O)C(C(C)=O)C(=O)[C@]3(O)C(=O)C1C2=O. The number of ketones is 5. The van der Waals surface area contributed by atoms with Crippen molar-refractivity contribution in [3.8, 4) is 22.6 Å². The van der Waals surface area contributed by atoms with Crippen LogP contribution in [0, 0.1) is 34.5 Å². The summed E-state index contributed by atoms with van der Waals surface area (Å²) in [7, 11) is 1.58. The molecule has 0 bridgehead atoms. The Kier molecular flexibility index (Phi) is 9.00. The molecule has 2 fully saturated rings. The molecular weight excluding hydrogens is 632 g/mol. The van der Waals surface area contributed by atoms with Gasteiger partial charge in [0.15, 0.2) is 28.7 Å². The Morgan fingerprint density at radius 1 is 0.900 bits per heavy atom. The first kappa shape index (κ1) is 35.4. The van der Waals surface area contributed by atoms with Crippen LogP contribution < -0.4 is 4.74 Å². The number of unbranched alkanes of at least 4 members (excludes halogenated alkanes) is 1. The zero-order valence-electron chi connectivity index (χ0n) is 29.7. The van der Waals surface area contributed by atoms with Crippen LogP contribution in [0.15, 0.2) is 60.7 Å². The van der Waals surface area contributed by atoms with Gasteiger partial charge in [-0.1, -0.05) is 70.2 Å². The first-order chi connectivity index (χ1) is 23.6. The molecule has 2 N–H and O–H groups in total. The van der Waals surface area contributed by atoms with Gasteiger partial charge in [-0.2, -0.15) is 0 Å². The molecule has 3 aliphatic carbocycles. The molecule has 3 unspecified atom stereocenters. The molecule has 0 radical (unpaired) electrons. The third-order valence-electron chi connectivity index (χ3n) is 11.8. The van der Waals surface area contributed by atoms with Gasteiger partial charge in [0.2, 0.25) is 0 Å². The highest BCUT2D eigenvalue weighted by molar-refractivity contribution is 6.32. The zero-order chi connectivity index (χ0) is 36.3. The second kappa shape index (κ2) is 12.7. The molecule has 0 aromatic heterocycles. The molecule has 0 saturated heterocycles. The summed E-state index contributed by atoms with van der Waals surface area (Å²) in [6.45, 7) is 8.03. The van der Waals surface area contributed by atoms with Gasteiger partial charge in [0.1, 0.15) is 23.2 Å². The zero-order valence-corrected chi connectivity index (χ0v) is 29.7. The molecule has 6 atom stereocenters. The van der Waals surface area contributed by atoms with E-state index < -0.39 is 69.0 Å². The van der Waals surface area contributed by atoms with Gasteiger partial charge in [0, 0.05) is 16.9 Å². The minimum Gasteiger partial charge on any atom is -0.507 e. The van der Waals surface area contributed by atoms with Crippen molar-refractivity contribution in [3.05, 3.63) is 82.9 Å². The van der Waals surface area contributed by atoms with Crippen LogP contribution in [0.25, 0.3) is 11.1 Å². The number of phenols is 1. The molecule has 6 rings (SSSR count). The molecule has 50 heavy (non-hydrogen) atoms. The lowest BCUT2D eigenvalue weighted by Gasteiger charge is -2.61. The third-order valence-corrected chi connectivity index (χ3v) is 11.8. The van der Waals surface area contributed by atoms with E-state index in [1.165, 1.54) is 11.6 Å². The highest BCUT2D eigenvalue weighted by Gasteiger charge is 2.76. The average molecular weight is 679 g/mol. The van der Waals surface area contributed by atoms with Crippen molar-refractivity contribution in [1.82, 2.24) is 0 Å². The number of hydrogen-bond acceptors (Lipinski definition) is 8. The Morgan fingerprint density at radius 3 is 2.18 bits per heavy atom. The predicted octanol–water partition coefficient (Wildman–Crippen LogP) is 6.33. The van der Waals surface area contributed by atoms with Crippen LogP contribution in [-0.2, 0) is 38.4 Å². The molecule has 3 aromatic carbocycles. The number of benzene rings is 3. The van der Waals surface area contributed by atoms with Crippen molar-refractivity contribution in [1.29, 1.82) is 0 Å². The average Bonchev–Trinajstić information content (AvgIpc) is 3.05. The number of carbonyl (C=O) groups is 5. The minimum atomic E-state index is -2.73. The molecule has 0 spiro atoms. The summed E-state index contributed by atoms with van der Waals surface area (Å²) in [4.78, 5) is 69.6. The number of phenolic OH excluding ortho intramolecular Hbond substituents is 1. The number of aryl methyl sites for hydroxylation is 2.